The van der Waals surface area contributed by atoms with Gasteiger partial charge in [-0.2, -0.15) is 0 Å². The number of amides is 1. The van der Waals surface area contributed by atoms with Crippen molar-refractivity contribution in [2.24, 2.45) is 0 Å². The molecule has 1 heterocycles. The van der Waals surface area contributed by atoms with Gasteiger partial charge in [-0.05, 0) is 49.6 Å². The molecule has 0 saturated heterocycles. The highest BCUT2D eigenvalue weighted by molar-refractivity contribution is 6.32. The lowest BCUT2D eigenvalue weighted by atomic mass is 9.88. The Hall–Kier alpha value is -2.59. The summed E-state index contributed by atoms with van der Waals surface area (Å²) in [5, 5.41) is 6.51. The minimum Gasteiger partial charge on any atom is -0.355 e. The van der Waals surface area contributed by atoms with Gasteiger partial charge in [0.15, 0.2) is 5.76 Å². The summed E-state index contributed by atoms with van der Waals surface area (Å²) in [4.78, 5) is 11.7. The van der Waals surface area contributed by atoms with Crippen molar-refractivity contribution in [2.75, 3.05) is 5.32 Å². The SMILES string of the molecule is C[C@@H](Cl)C(=O)Nc1ccc(-c2onc3c2CCc2ccccc2-3)cc1. The van der Waals surface area contributed by atoms with Crippen LogP contribution < -0.4 is 5.32 Å². The quantitative estimate of drug-likeness (QED) is 0.697. The van der Waals surface area contributed by atoms with Gasteiger partial charge in [0.2, 0.25) is 5.91 Å². The normalized spacial score (nSPS) is 13.7. The van der Waals surface area contributed by atoms with E-state index >= 15 is 0 Å². The molecule has 1 N–H and O–H groups in total. The zero-order valence-corrected chi connectivity index (χ0v) is 14.5. The molecule has 1 atom stereocenters. The summed E-state index contributed by atoms with van der Waals surface area (Å²) in [5.74, 6) is 0.580. The molecular formula is C20H17ClN2O2. The van der Waals surface area contributed by atoms with E-state index in [4.69, 9.17) is 16.1 Å². The monoisotopic (exact) mass is 352 g/mol. The molecular weight excluding hydrogens is 336 g/mol. The van der Waals surface area contributed by atoms with E-state index in [1.54, 1.807) is 6.92 Å². The van der Waals surface area contributed by atoms with Gasteiger partial charge in [-0.3, -0.25) is 4.79 Å². The van der Waals surface area contributed by atoms with Crippen molar-refractivity contribution >= 4 is 23.2 Å². The summed E-state index contributed by atoms with van der Waals surface area (Å²) >= 11 is 5.78. The van der Waals surface area contributed by atoms with Crippen LogP contribution in [0, 0.1) is 0 Å². The number of anilines is 1. The Balaban J connectivity index is 1.64. The predicted molar refractivity (Wildman–Crippen MR) is 98.7 cm³/mol. The summed E-state index contributed by atoms with van der Waals surface area (Å²) < 4.78 is 5.66. The average Bonchev–Trinajstić information content (AvgIpc) is 3.07. The molecule has 1 amide bonds. The van der Waals surface area contributed by atoms with Gasteiger partial charge in [0, 0.05) is 22.4 Å². The zero-order valence-electron chi connectivity index (χ0n) is 13.8. The summed E-state index contributed by atoms with van der Waals surface area (Å²) in [6, 6.07) is 15.9. The number of aryl methyl sites for hydroxylation is 1. The van der Waals surface area contributed by atoms with E-state index in [0.29, 0.717) is 5.69 Å². The standard InChI is InChI=1S/C20H17ClN2O2/c1-12(21)20(24)22-15-9-6-14(7-10-15)19-17-11-8-13-4-2-3-5-16(13)18(17)23-25-19/h2-7,9-10,12H,8,11H2,1H3,(H,22,24)/t12-/m1/s1. The number of nitrogens with zero attached hydrogens (tertiary/aromatic N) is 1. The Morgan fingerprint density at radius 1 is 1.16 bits per heavy atom. The van der Waals surface area contributed by atoms with Gasteiger partial charge in [-0.1, -0.05) is 29.4 Å². The van der Waals surface area contributed by atoms with E-state index in [1.807, 2.05) is 30.3 Å². The molecule has 0 unspecified atom stereocenters. The summed E-state index contributed by atoms with van der Waals surface area (Å²) in [5.41, 5.74) is 6.20. The Bertz CT molecular complexity index is 929. The number of halogens is 1. The molecule has 2 aromatic carbocycles. The highest BCUT2D eigenvalue weighted by Crippen LogP contribution is 2.38. The molecule has 1 aliphatic rings. The maximum absolute atomic E-state index is 11.7. The Morgan fingerprint density at radius 2 is 1.92 bits per heavy atom. The number of hydrogen-bond donors (Lipinski definition) is 1. The summed E-state index contributed by atoms with van der Waals surface area (Å²) in [6.07, 6.45) is 1.90. The molecule has 126 valence electrons. The first-order valence-corrected chi connectivity index (χ1v) is 8.69. The second-order valence-corrected chi connectivity index (χ2v) is 6.83. The van der Waals surface area contributed by atoms with E-state index in [0.717, 1.165) is 41.0 Å². The van der Waals surface area contributed by atoms with E-state index in [9.17, 15) is 4.79 Å². The van der Waals surface area contributed by atoms with Gasteiger partial charge >= 0.3 is 0 Å². The van der Waals surface area contributed by atoms with Gasteiger partial charge in [-0.25, -0.2) is 0 Å². The Morgan fingerprint density at radius 3 is 2.68 bits per heavy atom. The third-order valence-corrected chi connectivity index (χ3v) is 4.68. The molecule has 25 heavy (non-hydrogen) atoms. The molecule has 0 saturated carbocycles. The zero-order chi connectivity index (χ0) is 17.4. The number of aromatic nitrogens is 1. The molecule has 1 aromatic heterocycles. The maximum Gasteiger partial charge on any atom is 0.242 e. The first-order valence-electron chi connectivity index (χ1n) is 8.25. The number of hydrogen-bond acceptors (Lipinski definition) is 3. The van der Waals surface area contributed by atoms with Crippen molar-refractivity contribution in [3.63, 3.8) is 0 Å². The fourth-order valence-electron chi connectivity index (χ4n) is 3.16. The Kier molecular flexibility index (Phi) is 4.06. The smallest absolute Gasteiger partial charge is 0.242 e. The number of carbonyl (C=O) groups is 1. The second kappa shape index (κ2) is 6.37. The number of nitrogens with one attached hydrogen (secondary N) is 1. The third kappa shape index (κ3) is 2.94. The van der Waals surface area contributed by atoms with E-state index < -0.39 is 5.38 Å². The van der Waals surface area contributed by atoms with Gasteiger partial charge < -0.3 is 9.84 Å². The van der Waals surface area contributed by atoms with Crippen molar-refractivity contribution in [3.05, 3.63) is 59.7 Å². The minimum atomic E-state index is -0.568. The lowest BCUT2D eigenvalue weighted by Gasteiger charge is -2.14. The Labute approximate surface area is 150 Å². The van der Waals surface area contributed by atoms with Gasteiger partial charge in [0.05, 0.1) is 0 Å². The minimum absolute atomic E-state index is 0.219. The van der Waals surface area contributed by atoms with Crippen LogP contribution >= 0.6 is 11.6 Å². The van der Waals surface area contributed by atoms with Crippen LogP contribution in [0.2, 0.25) is 0 Å². The molecule has 0 radical (unpaired) electrons. The summed E-state index contributed by atoms with van der Waals surface area (Å²) in [6.45, 7) is 1.64. The van der Waals surface area contributed by atoms with Crippen LogP contribution in [-0.4, -0.2) is 16.4 Å². The van der Waals surface area contributed by atoms with Crippen LogP contribution in [0.15, 0.2) is 53.1 Å². The predicted octanol–water partition coefficient (Wildman–Crippen LogP) is 4.67. The maximum atomic E-state index is 11.7. The number of carbonyl (C=O) groups excluding carboxylic acids is 1. The highest BCUT2D eigenvalue weighted by atomic mass is 35.5. The van der Waals surface area contributed by atoms with Gasteiger partial charge in [0.1, 0.15) is 11.1 Å². The van der Waals surface area contributed by atoms with E-state index in [2.05, 4.69) is 28.7 Å². The number of fused-ring (bicyclic) bond motifs is 3. The molecule has 0 aliphatic heterocycles. The first kappa shape index (κ1) is 15.9. The summed E-state index contributed by atoms with van der Waals surface area (Å²) in [7, 11) is 0. The molecule has 5 heteroatoms. The van der Waals surface area contributed by atoms with Crippen molar-refractivity contribution in [1.82, 2.24) is 5.16 Å². The molecule has 0 bridgehead atoms. The van der Waals surface area contributed by atoms with Crippen molar-refractivity contribution in [2.45, 2.75) is 25.1 Å². The van der Waals surface area contributed by atoms with Crippen molar-refractivity contribution < 1.29 is 9.32 Å². The molecule has 0 fully saturated rings. The van der Waals surface area contributed by atoms with Gasteiger partial charge in [-0.15, -0.1) is 11.6 Å². The lowest BCUT2D eigenvalue weighted by Crippen LogP contribution is -2.20. The third-order valence-electron chi connectivity index (χ3n) is 4.48. The fourth-order valence-corrected chi connectivity index (χ4v) is 3.21. The molecule has 0 spiro atoms. The fraction of sp³-hybridized carbons (Fsp3) is 0.200. The molecule has 4 rings (SSSR count). The lowest BCUT2D eigenvalue weighted by molar-refractivity contribution is -0.115. The largest absolute Gasteiger partial charge is 0.355 e. The number of rotatable bonds is 3. The highest BCUT2D eigenvalue weighted by Gasteiger charge is 2.24. The second-order valence-electron chi connectivity index (χ2n) is 6.18. The number of benzene rings is 2. The van der Waals surface area contributed by atoms with Crippen LogP contribution in [0.1, 0.15) is 18.1 Å². The van der Waals surface area contributed by atoms with Gasteiger partial charge in [0.25, 0.3) is 0 Å². The van der Waals surface area contributed by atoms with Crippen LogP contribution in [0.4, 0.5) is 5.69 Å². The van der Waals surface area contributed by atoms with Crippen molar-refractivity contribution in [1.29, 1.82) is 0 Å². The van der Waals surface area contributed by atoms with Crippen LogP contribution in [0.25, 0.3) is 22.6 Å². The van der Waals surface area contributed by atoms with Crippen LogP contribution in [0.3, 0.4) is 0 Å². The van der Waals surface area contributed by atoms with Crippen LogP contribution in [0.5, 0.6) is 0 Å². The van der Waals surface area contributed by atoms with Crippen LogP contribution in [-0.2, 0) is 17.6 Å². The number of alkyl halides is 1. The average molecular weight is 353 g/mol. The topological polar surface area (TPSA) is 55.1 Å². The van der Waals surface area contributed by atoms with E-state index in [1.165, 1.54) is 5.56 Å². The van der Waals surface area contributed by atoms with Crippen molar-refractivity contribution in [3.8, 4) is 22.6 Å². The first-order chi connectivity index (χ1) is 12.1. The van der Waals surface area contributed by atoms with E-state index in [-0.39, 0.29) is 5.91 Å². The molecule has 1 aliphatic carbocycles. The molecule has 3 aromatic rings. The molecule has 4 nitrogen and oxygen atoms in total.